The molecule has 3 aromatic rings. The molecule has 0 spiro atoms. The summed E-state index contributed by atoms with van der Waals surface area (Å²) < 4.78 is 11.6. The van der Waals surface area contributed by atoms with E-state index in [1.807, 2.05) is 31.2 Å². The summed E-state index contributed by atoms with van der Waals surface area (Å²) in [5.41, 5.74) is 3.02. The molecule has 0 aliphatic carbocycles. The molecule has 1 N–H and O–H groups in total. The Labute approximate surface area is 168 Å². The van der Waals surface area contributed by atoms with Gasteiger partial charge < -0.3 is 14.5 Å². The van der Waals surface area contributed by atoms with E-state index < -0.39 is 0 Å². The Morgan fingerprint density at radius 1 is 1.25 bits per heavy atom. The van der Waals surface area contributed by atoms with Crippen LogP contribution in [0.15, 0.2) is 57.9 Å². The second kappa shape index (κ2) is 8.17. The third kappa shape index (κ3) is 4.11. The van der Waals surface area contributed by atoms with Crippen LogP contribution in [0, 0.1) is 6.92 Å². The standard InChI is InChI=1S/C22H21ClN2O3/c1-14-5-2-3-7-19(14)25-22-18(21(26)24-13-17-6-4-10-27-17)12-15-11-16(23)8-9-20(15)28-22/h2-3,5,7-9,11-12,17H,4,6,10,13H2,1H3,(H,24,26)/t17-/m0/s1. The number of benzene rings is 2. The molecular formula is C22H21ClN2O3. The fraction of sp³-hybridized carbons (Fsp3) is 0.273. The van der Waals surface area contributed by atoms with Gasteiger partial charge in [0.15, 0.2) is 0 Å². The van der Waals surface area contributed by atoms with Gasteiger partial charge in [0.2, 0.25) is 5.55 Å². The minimum atomic E-state index is -0.242. The molecule has 1 amide bonds. The Kier molecular flexibility index (Phi) is 5.46. The summed E-state index contributed by atoms with van der Waals surface area (Å²) in [6.07, 6.45) is 2.05. The van der Waals surface area contributed by atoms with Gasteiger partial charge in [0.1, 0.15) is 11.1 Å². The predicted molar refractivity (Wildman–Crippen MR) is 109 cm³/mol. The first kappa shape index (κ1) is 18.7. The lowest BCUT2D eigenvalue weighted by Gasteiger charge is -2.11. The summed E-state index contributed by atoms with van der Waals surface area (Å²) in [6.45, 7) is 3.19. The Balaban J connectivity index is 1.77. The smallest absolute Gasteiger partial charge is 0.256 e. The molecule has 144 valence electrons. The third-order valence-electron chi connectivity index (χ3n) is 4.81. The number of hydrogen-bond acceptors (Lipinski definition) is 4. The number of amides is 1. The molecule has 2 aromatic carbocycles. The minimum absolute atomic E-state index is 0.0625. The predicted octanol–water partition coefficient (Wildman–Crippen LogP) is 4.54. The molecule has 1 aliphatic heterocycles. The first-order valence-corrected chi connectivity index (χ1v) is 9.71. The normalized spacial score (nSPS) is 17.2. The van der Waals surface area contributed by atoms with Crippen LogP contribution in [0.5, 0.6) is 0 Å². The molecule has 28 heavy (non-hydrogen) atoms. The fourth-order valence-electron chi connectivity index (χ4n) is 3.25. The number of rotatable bonds is 4. The van der Waals surface area contributed by atoms with Crippen LogP contribution in [0.25, 0.3) is 11.0 Å². The molecule has 0 radical (unpaired) electrons. The second-order valence-corrected chi connectivity index (χ2v) is 7.33. The summed E-state index contributed by atoms with van der Waals surface area (Å²) >= 11 is 6.11. The lowest BCUT2D eigenvalue weighted by molar-refractivity contribution is 0.0854. The van der Waals surface area contributed by atoms with Crippen molar-refractivity contribution in [3.63, 3.8) is 0 Å². The number of para-hydroxylation sites is 1. The van der Waals surface area contributed by atoms with Crippen LogP contribution >= 0.6 is 11.6 Å². The van der Waals surface area contributed by atoms with Gasteiger partial charge in [0.25, 0.3) is 5.91 Å². The van der Waals surface area contributed by atoms with Crippen molar-refractivity contribution < 1.29 is 13.9 Å². The molecule has 0 unspecified atom stereocenters. The molecule has 1 atom stereocenters. The zero-order valence-electron chi connectivity index (χ0n) is 15.6. The van der Waals surface area contributed by atoms with Crippen molar-refractivity contribution in [1.29, 1.82) is 0 Å². The van der Waals surface area contributed by atoms with Crippen molar-refractivity contribution in [2.24, 2.45) is 4.99 Å². The number of carbonyl (C=O) groups excluding carboxylic acids is 1. The highest BCUT2D eigenvalue weighted by Gasteiger charge is 2.18. The minimum Gasteiger partial charge on any atom is -0.438 e. The van der Waals surface area contributed by atoms with Gasteiger partial charge in [-0.05, 0) is 55.7 Å². The van der Waals surface area contributed by atoms with Crippen molar-refractivity contribution in [3.8, 4) is 0 Å². The summed E-state index contributed by atoms with van der Waals surface area (Å²) in [5, 5.41) is 4.27. The first-order chi connectivity index (χ1) is 13.6. The highest BCUT2D eigenvalue weighted by atomic mass is 35.5. The van der Waals surface area contributed by atoms with E-state index in [9.17, 15) is 4.79 Å². The van der Waals surface area contributed by atoms with Gasteiger partial charge in [-0.3, -0.25) is 4.79 Å². The van der Waals surface area contributed by atoms with Crippen LogP contribution < -0.4 is 10.9 Å². The molecule has 2 heterocycles. The first-order valence-electron chi connectivity index (χ1n) is 9.34. The van der Waals surface area contributed by atoms with Gasteiger partial charge in [0, 0.05) is 23.6 Å². The van der Waals surface area contributed by atoms with Crippen molar-refractivity contribution in [2.75, 3.05) is 13.2 Å². The van der Waals surface area contributed by atoms with Crippen LogP contribution in [0.2, 0.25) is 5.02 Å². The summed E-state index contributed by atoms with van der Waals surface area (Å²) in [5.74, 6) is -0.242. The van der Waals surface area contributed by atoms with Gasteiger partial charge >= 0.3 is 0 Å². The van der Waals surface area contributed by atoms with Gasteiger partial charge in [-0.15, -0.1) is 0 Å². The van der Waals surface area contributed by atoms with E-state index >= 15 is 0 Å². The molecule has 4 rings (SSSR count). The zero-order chi connectivity index (χ0) is 19.5. The van der Waals surface area contributed by atoms with Crippen LogP contribution in [-0.4, -0.2) is 25.2 Å². The topological polar surface area (TPSA) is 63.8 Å². The molecule has 1 fully saturated rings. The van der Waals surface area contributed by atoms with E-state index in [1.54, 1.807) is 24.3 Å². The maximum atomic E-state index is 12.9. The quantitative estimate of drug-likeness (QED) is 0.704. The summed E-state index contributed by atoms with van der Waals surface area (Å²) in [7, 11) is 0. The van der Waals surface area contributed by atoms with E-state index in [1.165, 1.54) is 0 Å². The van der Waals surface area contributed by atoms with Crippen LogP contribution in [0.1, 0.15) is 28.8 Å². The largest absolute Gasteiger partial charge is 0.438 e. The van der Waals surface area contributed by atoms with E-state index in [0.29, 0.717) is 22.7 Å². The van der Waals surface area contributed by atoms with Crippen molar-refractivity contribution in [2.45, 2.75) is 25.9 Å². The summed E-state index contributed by atoms with van der Waals surface area (Å²) in [4.78, 5) is 17.5. The lowest BCUT2D eigenvalue weighted by atomic mass is 10.1. The molecule has 1 aromatic heterocycles. The fourth-order valence-corrected chi connectivity index (χ4v) is 3.43. The van der Waals surface area contributed by atoms with Crippen molar-refractivity contribution in [1.82, 2.24) is 5.32 Å². The molecule has 0 bridgehead atoms. The number of hydrogen-bond donors (Lipinski definition) is 1. The third-order valence-corrected chi connectivity index (χ3v) is 5.04. The monoisotopic (exact) mass is 396 g/mol. The maximum absolute atomic E-state index is 12.9. The van der Waals surface area contributed by atoms with E-state index in [4.69, 9.17) is 20.8 Å². The Hall–Kier alpha value is -2.63. The molecule has 5 nitrogen and oxygen atoms in total. The van der Waals surface area contributed by atoms with Gasteiger partial charge in [0.05, 0.1) is 11.8 Å². The van der Waals surface area contributed by atoms with Gasteiger partial charge in [-0.25, -0.2) is 4.99 Å². The summed E-state index contributed by atoms with van der Waals surface area (Å²) in [6, 6.07) is 14.8. The van der Waals surface area contributed by atoms with Gasteiger partial charge in [-0.2, -0.15) is 0 Å². The Morgan fingerprint density at radius 2 is 2.11 bits per heavy atom. The average Bonchev–Trinajstić information content (AvgIpc) is 3.21. The number of nitrogens with one attached hydrogen (secondary N) is 1. The molecule has 1 saturated heterocycles. The lowest BCUT2D eigenvalue weighted by Crippen LogP contribution is -2.34. The number of ether oxygens (including phenoxy) is 1. The van der Waals surface area contributed by atoms with Crippen molar-refractivity contribution in [3.05, 3.63) is 70.2 Å². The highest BCUT2D eigenvalue weighted by molar-refractivity contribution is 6.31. The zero-order valence-corrected chi connectivity index (χ0v) is 16.3. The average molecular weight is 397 g/mol. The number of halogens is 1. The second-order valence-electron chi connectivity index (χ2n) is 6.89. The van der Waals surface area contributed by atoms with Crippen LogP contribution in [0.4, 0.5) is 5.69 Å². The van der Waals surface area contributed by atoms with Crippen LogP contribution in [-0.2, 0) is 4.74 Å². The molecular weight excluding hydrogens is 376 g/mol. The van der Waals surface area contributed by atoms with E-state index in [0.717, 1.165) is 36.1 Å². The number of carbonyl (C=O) groups is 1. The highest BCUT2D eigenvalue weighted by Crippen LogP contribution is 2.21. The SMILES string of the molecule is Cc1ccccc1N=c1oc2ccc(Cl)cc2cc1C(=O)NC[C@@H]1CCCO1. The Morgan fingerprint density at radius 3 is 2.89 bits per heavy atom. The van der Waals surface area contributed by atoms with Crippen molar-refractivity contribution >= 4 is 34.2 Å². The van der Waals surface area contributed by atoms with E-state index in [2.05, 4.69) is 10.3 Å². The molecule has 6 heteroatoms. The Bertz CT molecular complexity index is 1080. The number of nitrogens with zero attached hydrogens (tertiary/aromatic N) is 1. The number of aryl methyl sites for hydroxylation is 1. The van der Waals surface area contributed by atoms with Gasteiger partial charge in [-0.1, -0.05) is 29.8 Å². The molecule has 1 aliphatic rings. The van der Waals surface area contributed by atoms with E-state index in [-0.39, 0.29) is 17.6 Å². The van der Waals surface area contributed by atoms with Crippen LogP contribution in [0.3, 0.4) is 0 Å². The number of fused-ring (bicyclic) bond motifs is 1. The molecule has 0 saturated carbocycles. The maximum Gasteiger partial charge on any atom is 0.256 e.